The molecule has 2 fully saturated rings. The Balaban J connectivity index is 2.01. The predicted molar refractivity (Wildman–Crippen MR) is 62.8 cm³/mol. The first kappa shape index (κ1) is 10.8. The number of hydrogen-bond acceptors (Lipinski definition) is 0. The summed E-state index contributed by atoms with van der Waals surface area (Å²) in [6.45, 7) is 0. The highest BCUT2D eigenvalue weighted by molar-refractivity contribution is 6.18. The Morgan fingerprint density at radius 3 is 2.00 bits per heavy atom. The van der Waals surface area contributed by atoms with Crippen LogP contribution in [0.25, 0.3) is 0 Å². The number of hydrogen-bond donors (Lipinski definition) is 0. The summed E-state index contributed by atoms with van der Waals surface area (Å²) in [6.07, 6.45) is 14.5. The van der Waals surface area contributed by atoms with Gasteiger partial charge in [0.15, 0.2) is 0 Å². The molecule has 0 bridgehead atoms. The van der Waals surface area contributed by atoms with E-state index in [1.165, 1.54) is 64.2 Å². The maximum Gasteiger partial charge on any atom is 0.0282 e. The second-order valence-corrected chi connectivity index (χ2v) is 5.66. The van der Waals surface area contributed by atoms with Crippen LogP contribution >= 0.6 is 11.6 Å². The van der Waals surface area contributed by atoms with Crippen LogP contribution in [0.4, 0.5) is 0 Å². The third-order valence-electron chi connectivity index (χ3n) is 4.59. The SMILES string of the molecule is ClCC1(C2CCCCC2)CCCCC1. The topological polar surface area (TPSA) is 0 Å². The molecule has 14 heavy (non-hydrogen) atoms. The molecule has 2 saturated carbocycles. The van der Waals surface area contributed by atoms with E-state index in [2.05, 4.69) is 0 Å². The van der Waals surface area contributed by atoms with Gasteiger partial charge in [0.2, 0.25) is 0 Å². The van der Waals surface area contributed by atoms with Gasteiger partial charge in [0.05, 0.1) is 0 Å². The van der Waals surface area contributed by atoms with E-state index in [4.69, 9.17) is 11.6 Å². The first-order valence-electron chi connectivity index (χ1n) is 6.43. The van der Waals surface area contributed by atoms with Crippen molar-refractivity contribution in [2.75, 3.05) is 5.88 Å². The van der Waals surface area contributed by atoms with Gasteiger partial charge in [-0.15, -0.1) is 11.6 Å². The smallest absolute Gasteiger partial charge is 0.0282 e. The predicted octanol–water partition coefficient (Wildman–Crippen LogP) is 4.76. The van der Waals surface area contributed by atoms with Gasteiger partial charge >= 0.3 is 0 Å². The van der Waals surface area contributed by atoms with Crippen LogP contribution in [-0.4, -0.2) is 5.88 Å². The summed E-state index contributed by atoms with van der Waals surface area (Å²) in [4.78, 5) is 0. The van der Waals surface area contributed by atoms with Crippen LogP contribution in [0, 0.1) is 11.3 Å². The van der Waals surface area contributed by atoms with E-state index in [1.807, 2.05) is 0 Å². The van der Waals surface area contributed by atoms with Crippen molar-refractivity contribution in [2.24, 2.45) is 11.3 Å². The van der Waals surface area contributed by atoms with Crippen molar-refractivity contribution >= 4 is 11.6 Å². The van der Waals surface area contributed by atoms with Crippen molar-refractivity contribution in [3.05, 3.63) is 0 Å². The Kier molecular flexibility index (Phi) is 3.76. The normalized spacial score (nSPS) is 28.9. The average molecular weight is 215 g/mol. The number of halogens is 1. The van der Waals surface area contributed by atoms with Crippen molar-refractivity contribution in [2.45, 2.75) is 64.2 Å². The molecular formula is C13H23Cl. The van der Waals surface area contributed by atoms with Gasteiger partial charge in [-0.2, -0.15) is 0 Å². The fourth-order valence-corrected chi connectivity index (χ4v) is 4.11. The van der Waals surface area contributed by atoms with Gasteiger partial charge in [0, 0.05) is 5.88 Å². The highest BCUT2D eigenvalue weighted by atomic mass is 35.5. The third-order valence-corrected chi connectivity index (χ3v) is 5.12. The van der Waals surface area contributed by atoms with E-state index >= 15 is 0 Å². The lowest BCUT2D eigenvalue weighted by molar-refractivity contribution is 0.0913. The van der Waals surface area contributed by atoms with Crippen molar-refractivity contribution in [1.82, 2.24) is 0 Å². The van der Waals surface area contributed by atoms with E-state index in [1.54, 1.807) is 0 Å². The minimum Gasteiger partial charge on any atom is -0.126 e. The standard InChI is InChI=1S/C13H23Cl/c14-11-13(9-5-2-6-10-13)12-7-3-1-4-8-12/h12H,1-11H2. The molecule has 0 nitrogen and oxygen atoms in total. The summed E-state index contributed by atoms with van der Waals surface area (Å²) < 4.78 is 0. The quantitative estimate of drug-likeness (QED) is 0.582. The zero-order chi connectivity index (χ0) is 9.86. The Morgan fingerprint density at radius 2 is 1.43 bits per heavy atom. The first-order valence-corrected chi connectivity index (χ1v) is 6.97. The summed E-state index contributed by atoms with van der Waals surface area (Å²) in [6, 6.07) is 0. The summed E-state index contributed by atoms with van der Waals surface area (Å²) >= 11 is 6.27. The lowest BCUT2D eigenvalue weighted by Gasteiger charge is -2.44. The molecule has 0 N–H and O–H groups in total. The van der Waals surface area contributed by atoms with Crippen LogP contribution in [0.5, 0.6) is 0 Å². The van der Waals surface area contributed by atoms with Crippen molar-refractivity contribution in [1.29, 1.82) is 0 Å². The van der Waals surface area contributed by atoms with Crippen molar-refractivity contribution in [3.8, 4) is 0 Å². The molecule has 0 aromatic carbocycles. The molecule has 82 valence electrons. The molecule has 0 amide bonds. The van der Waals surface area contributed by atoms with E-state index in [0.717, 1.165) is 11.8 Å². The molecule has 0 spiro atoms. The highest BCUT2D eigenvalue weighted by Gasteiger charge is 2.39. The molecule has 0 heterocycles. The lowest BCUT2D eigenvalue weighted by atomic mass is 9.63. The molecule has 0 atom stereocenters. The number of rotatable bonds is 2. The summed E-state index contributed by atoms with van der Waals surface area (Å²) in [5, 5.41) is 0. The zero-order valence-electron chi connectivity index (χ0n) is 9.23. The highest BCUT2D eigenvalue weighted by Crippen LogP contribution is 2.48. The van der Waals surface area contributed by atoms with Gasteiger partial charge in [-0.25, -0.2) is 0 Å². The molecule has 1 heteroatoms. The van der Waals surface area contributed by atoms with Gasteiger partial charge in [-0.1, -0.05) is 38.5 Å². The van der Waals surface area contributed by atoms with Gasteiger partial charge < -0.3 is 0 Å². The second kappa shape index (κ2) is 4.88. The van der Waals surface area contributed by atoms with Gasteiger partial charge in [-0.3, -0.25) is 0 Å². The minimum atomic E-state index is 0.556. The summed E-state index contributed by atoms with van der Waals surface area (Å²) in [5.74, 6) is 1.89. The Bertz CT molecular complexity index is 164. The van der Waals surface area contributed by atoms with Crippen molar-refractivity contribution < 1.29 is 0 Å². The molecule has 0 aliphatic heterocycles. The largest absolute Gasteiger partial charge is 0.126 e. The third kappa shape index (κ3) is 2.10. The first-order chi connectivity index (χ1) is 6.87. The monoisotopic (exact) mass is 214 g/mol. The van der Waals surface area contributed by atoms with Crippen LogP contribution in [-0.2, 0) is 0 Å². The molecule has 2 aliphatic carbocycles. The molecule has 0 aromatic heterocycles. The van der Waals surface area contributed by atoms with E-state index < -0.39 is 0 Å². The molecule has 2 aliphatic rings. The molecule has 0 unspecified atom stereocenters. The van der Waals surface area contributed by atoms with E-state index in [0.29, 0.717) is 5.41 Å². The Morgan fingerprint density at radius 1 is 0.857 bits per heavy atom. The van der Waals surface area contributed by atoms with Crippen LogP contribution in [0.3, 0.4) is 0 Å². The fourth-order valence-electron chi connectivity index (χ4n) is 3.62. The minimum absolute atomic E-state index is 0.556. The van der Waals surface area contributed by atoms with Crippen LogP contribution < -0.4 is 0 Å². The molecule has 0 aromatic rings. The van der Waals surface area contributed by atoms with Crippen LogP contribution in [0.2, 0.25) is 0 Å². The van der Waals surface area contributed by atoms with E-state index in [-0.39, 0.29) is 0 Å². The molecule has 2 rings (SSSR count). The lowest BCUT2D eigenvalue weighted by Crippen LogP contribution is -2.36. The fraction of sp³-hybridized carbons (Fsp3) is 1.00. The van der Waals surface area contributed by atoms with Gasteiger partial charge in [-0.05, 0) is 37.0 Å². The van der Waals surface area contributed by atoms with E-state index in [9.17, 15) is 0 Å². The van der Waals surface area contributed by atoms with Gasteiger partial charge in [0.25, 0.3) is 0 Å². The van der Waals surface area contributed by atoms with Crippen LogP contribution in [0.1, 0.15) is 64.2 Å². The van der Waals surface area contributed by atoms with Crippen molar-refractivity contribution in [3.63, 3.8) is 0 Å². The second-order valence-electron chi connectivity index (χ2n) is 5.39. The summed E-state index contributed by atoms with van der Waals surface area (Å²) in [5.41, 5.74) is 0.556. The molecular weight excluding hydrogens is 192 g/mol. The maximum absolute atomic E-state index is 6.27. The van der Waals surface area contributed by atoms with Crippen LogP contribution in [0.15, 0.2) is 0 Å². The Labute approximate surface area is 93.4 Å². The number of alkyl halides is 1. The molecule has 0 radical (unpaired) electrons. The summed E-state index contributed by atoms with van der Waals surface area (Å²) in [7, 11) is 0. The zero-order valence-corrected chi connectivity index (χ0v) is 9.99. The average Bonchev–Trinajstić information content (AvgIpc) is 2.31. The Hall–Kier alpha value is 0.290. The maximum atomic E-state index is 6.27. The van der Waals surface area contributed by atoms with Gasteiger partial charge in [0.1, 0.15) is 0 Å². The molecule has 0 saturated heterocycles.